The molecule has 0 aromatic heterocycles. The van der Waals surface area contributed by atoms with Gasteiger partial charge in [-0.15, -0.1) is 0 Å². The monoisotopic (exact) mass is 364 g/mol. The number of hydrogen-bond acceptors (Lipinski definition) is 3. The molecule has 2 aromatic rings. The third-order valence-electron chi connectivity index (χ3n) is 6.50. The Bertz CT molecular complexity index is 819. The summed E-state index contributed by atoms with van der Waals surface area (Å²) >= 11 is 0. The minimum Gasteiger partial charge on any atom is -0.399 e. The average molecular weight is 364 g/mol. The molecule has 1 saturated heterocycles. The molecule has 0 amide bonds. The van der Waals surface area contributed by atoms with E-state index in [0.717, 1.165) is 16.6 Å². The van der Waals surface area contributed by atoms with E-state index in [0.29, 0.717) is 5.92 Å². The molecule has 0 spiro atoms. The molecule has 0 bridgehead atoms. The van der Waals surface area contributed by atoms with Gasteiger partial charge in [-0.3, -0.25) is 0 Å². The zero-order valence-corrected chi connectivity index (χ0v) is 17.0. The maximum atomic E-state index is 11.2. The van der Waals surface area contributed by atoms with Crippen molar-refractivity contribution >= 4 is 12.6 Å². The van der Waals surface area contributed by atoms with Crippen LogP contribution in [0.4, 0.5) is 0 Å². The lowest BCUT2D eigenvalue weighted by Gasteiger charge is -2.32. The molecule has 1 N–H and O–H groups in total. The van der Waals surface area contributed by atoms with Crippen LogP contribution < -0.4 is 5.46 Å². The third kappa shape index (κ3) is 3.35. The van der Waals surface area contributed by atoms with Crippen molar-refractivity contribution < 1.29 is 14.4 Å². The second-order valence-corrected chi connectivity index (χ2v) is 9.18. The Hall–Kier alpha value is -1.62. The summed E-state index contributed by atoms with van der Waals surface area (Å²) < 4.78 is 12.2. The fourth-order valence-electron chi connectivity index (χ4n) is 3.62. The maximum Gasteiger partial charge on any atom is 0.494 e. The molecular formula is C23H29BO3. The summed E-state index contributed by atoms with van der Waals surface area (Å²) in [6, 6.07) is 16.3. The van der Waals surface area contributed by atoms with Crippen LogP contribution in [0.5, 0.6) is 0 Å². The molecule has 1 atom stereocenters. The van der Waals surface area contributed by atoms with E-state index in [4.69, 9.17) is 9.31 Å². The molecule has 142 valence electrons. The summed E-state index contributed by atoms with van der Waals surface area (Å²) in [6.07, 6.45) is 2.52. The summed E-state index contributed by atoms with van der Waals surface area (Å²) in [5.74, 6) is 0.673. The van der Waals surface area contributed by atoms with Crippen molar-refractivity contribution in [3.8, 4) is 0 Å². The SMILES string of the molecule is CC(O)(c1ccc(B2OC(C)(C)C(C)(C)O2)cc1)c1cccc(C2CC2)c1. The highest BCUT2D eigenvalue weighted by molar-refractivity contribution is 6.62. The summed E-state index contributed by atoms with van der Waals surface area (Å²) in [6.45, 7) is 10.1. The van der Waals surface area contributed by atoms with Gasteiger partial charge in [0.25, 0.3) is 0 Å². The second-order valence-electron chi connectivity index (χ2n) is 9.18. The van der Waals surface area contributed by atoms with Crippen LogP contribution in [0.2, 0.25) is 0 Å². The molecule has 1 unspecified atom stereocenters. The molecule has 27 heavy (non-hydrogen) atoms. The fourth-order valence-corrected chi connectivity index (χ4v) is 3.62. The van der Waals surface area contributed by atoms with Crippen molar-refractivity contribution in [1.29, 1.82) is 0 Å². The molecule has 1 saturated carbocycles. The Morgan fingerprint density at radius 3 is 2.07 bits per heavy atom. The van der Waals surface area contributed by atoms with Gasteiger partial charge in [0.2, 0.25) is 0 Å². The van der Waals surface area contributed by atoms with Crippen LogP contribution in [0.25, 0.3) is 0 Å². The predicted octanol–water partition coefficient (Wildman–Crippen LogP) is 4.12. The average Bonchev–Trinajstić information content (AvgIpc) is 3.43. The van der Waals surface area contributed by atoms with E-state index in [1.54, 1.807) is 0 Å². The molecule has 2 fully saturated rings. The third-order valence-corrected chi connectivity index (χ3v) is 6.50. The van der Waals surface area contributed by atoms with Crippen LogP contribution in [0.15, 0.2) is 48.5 Å². The van der Waals surface area contributed by atoms with E-state index >= 15 is 0 Å². The first-order valence-electron chi connectivity index (χ1n) is 9.89. The van der Waals surface area contributed by atoms with Gasteiger partial charge in [0.15, 0.2) is 0 Å². The van der Waals surface area contributed by atoms with Gasteiger partial charge in [-0.2, -0.15) is 0 Å². The molecule has 1 aliphatic carbocycles. The van der Waals surface area contributed by atoms with Crippen LogP contribution in [-0.4, -0.2) is 23.4 Å². The lowest BCUT2D eigenvalue weighted by atomic mass is 9.77. The topological polar surface area (TPSA) is 38.7 Å². The minimum absolute atomic E-state index is 0.356. The molecule has 4 rings (SSSR count). The standard InChI is InChI=1S/C23H29BO3/c1-21(2)22(3,4)27-24(26-21)20-13-11-18(12-14-20)23(5,25)19-8-6-7-17(15-19)16-9-10-16/h6-8,11-16,25H,9-10H2,1-5H3. The molecule has 4 heteroatoms. The van der Waals surface area contributed by atoms with Gasteiger partial charge < -0.3 is 14.4 Å². The number of rotatable bonds is 4. The first kappa shape index (κ1) is 18.7. The van der Waals surface area contributed by atoms with Gasteiger partial charge >= 0.3 is 7.12 Å². The fraction of sp³-hybridized carbons (Fsp3) is 0.478. The zero-order chi connectivity index (χ0) is 19.4. The summed E-state index contributed by atoms with van der Waals surface area (Å²) in [7, 11) is -0.382. The van der Waals surface area contributed by atoms with Crippen LogP contribution in [0.1, 0.15) is 70.1 Å². The van der Waals surface area contributed by atoms with Crippen LogP contribution in [0, 0.1) is 0 Å². The second kappa shape index (κ2) is 6.20. The molecule has 0 radical (unpaired) electrons. The Kier molecular flexibility index (Phi) is 4.30. The highest BCUT2D eigenvalue weighted by Crippen LogP contribution is 2.41. The van der Waals surface area contributed by atoms with E-state index in [9.17, 15) is 5.11 Å². The Morgan fingerprint density at radius 1 is 0.926 bits per heavy atom. The van der Waals surface area contributed by atoms with E-state index in [1.165, 1.54) is 18.4 Å². The first-order valence-corrected chi connectivity index (χ1v) is 9.89. The van der Waals surface area contributed by atoms with E-state index in [2.05, 4.69) is 45.9 Å². The minimum atomic E-state index is -1.03. The van der Waals surface area contributed by atoms with Gasteiger partial charge in [0, 0.05) is 0 Å². The van der Waals surface area contributed by atoms with Crippen molar-refractivity contribution in [2.45, 2.75) is 70.2 Å². The van der Waals surface area contributed by atoms with E-state index in [-0.39, 0.29) is 18.3 Å². The van der Waals surface area contributed by atoms with Crippen molar-refractivity contribution in [3.05, 3.63) is 65.2 Å². The van der Waals surface area contributed by atoms with Crippen molar-refractivity contribution in [2.75, 3.05) is 0 Å². The number of aliphatic hydroxyl groups is 1. The summed E-state index contributed by atoms with van der Waals surface area (Å²) in [4.78, 5) is 0. The quantitative estimate of drug-likeness (QED) is 0.830. The molecule has 3 nitrogen and oxygen atoms in total. The first-order chi connectivity index (χ1) is 12.6. The largest absolute Gasteiger partial charge is 0.494 e. The number of benzene rings is 2. The molecule has 1 aliphatic heterocycles. The zero-order valence-electron chi connectivity index (χ0n) is 17.0. The van der Waals surface area contributed by atoms with Gasteiger partial charge in [-0.05, 0) is 75.5 Å². The Balaban J connectivity index is 1.57. The van der Waals surface area contributed by atoms with Gasteiger partial charge in [0.05, 0.1) is 11.2 Å². The van der Waals surface area contributed by atoms with Gasteiger partial charge in [-0.1, -0.05) is 48.5 Å². The Labute approximate surface area is 162 Å². The smallest absolute Gasteiger partial charge is 0.399 e. The lowest BCUT2D eigenvalue weighted by molar-refractivity contribution is 0.00578. The molecule has 1 heterocycles. The number of hydrogen-bond donors (Lipinski definition) is 1. The van der Waals surface area contributed by atoms with E-state index in [1.807, 2.05) is 37.3 Å². The van der Waals surface area contributed by atoms with Crippen LogP contribution >= 0.6 is 0 Å². The van der Waals surface area contributed by atoms with Crippen molar-refractivity contribution in [3.63, 3.8) is 0 Å². The maximum absolute atomic E-state index is 11.2. The summed E-state index contributed by atoms with van der Waals surface area (Å²) in [5.41, 5.74) is 2.38. The summed E-state index contributed by atoms with van der Waals surface area (Å²) in [5, 5.41) is 11.2. The van der Waals surface area contributed by atoms with E-state index < -0.39 is 5.60 Å². The van der Waals surface area contributed by atoms with Gasteiger partial charge in [-0.25, -0.2) is 0 Å². The molecule has 2 aliphatic rings. The van der Waals surface area contributed by atoms with Crippen LogP contribution in [-0.2, 0) is 14.9 Å². The predicted molar refractivity (Wildman–Crippen MR) is 109 cm³/mol. The highest BCUT2D eigenvalue weighted by atomic mass is 16.7. The van der Waals surface area contributed by atoms with Crippen molar-refractivity contribution in [1.82, 2.24) is 0 Å². The Morgan fingerprint density at radius 2 is 1.52 bits per heavy atom. The lowest BCUT2D eigenvalue weighted by Crippen LogP contribution is -2.41. The molecular weight excluding hydrogens is 335 g/mol. The normalized spacial score (nSPS) is 23.3. The van der Waals surface area contributed by atoms with Gasteiger partial charge in [0.1, 0.15) is 5.60 Å². The van der Waals surface area contributed by atoms with Crippen LogP contribution in [0.3, 0.4) is 0 Å². The van der Waals surface area contributed by atoms with Crippen molar-refractivity contribution in [2.24, 2.45) is 0 Å². The molecule has 2 aromatic carbocycles. The highest BCUT2D eigenvalue weighted by Gasteiger charge is 2.51.